The smallest absolute Gasteiger partial charge is 0.376 e. The van der Waals surface area contributed by atoms with Crippen LogP contribution in [0, 0.1) is 0 Å². The number of hydrogen-bond acceptors (Lipinski definition) is 5. The SMILES string of the molecule is O=S(=O)(OC1=CCCc2c1cnn2C1CCCCO1)C(F)(F)F. The van der Waals surface area contributed by atoms with Crippen molar-refractivity contribution >= 4 is 15.9 Å². The fourth-order valence-electron chi connectivity index (χ4n) is 2.70. The molecule has 10 heteroatoms. The second kappa shape index (κ2) is 5.82. The Morgan fingerprint density at radius 1 is 1.35 bits per heavy atom. The van der Waals surface area contributed by atoms with Gasteiger partial charge in [0.1, 0.15) is 12.0 Å². The zero-order valence-corrected chi connectivity index (χ0v) is 12.9. The second-order valence-electron chi connectivity index (χ2n) is 5.36. The number of allylic oxidation sites excluding steroid dienone is 1. The van der Waals surface area contributed by atoms with E-state index in [1.54, 1.807) is 4.68 Å². The van der Waals surface area contributed by atoms with Gasteiger partial charge in [0.25, 0.3) is 0 Å². The zero-order valence-electron chi connectivity index (χ0n) is 12.0. The highest BCUT2D eigenvalue weighted by atomic mass is 32.2. The Morgan fingerprint density at radius 2 is 2.13 bits per heavy atom. The van der Waals surface area contributed by atoms with E-state index in [1.807, 2.05) is 0 Å². The molecule has 1 saturated heterocycles. The molecular formula is C13H15F3N2O4S. The Labute approximate surface area is 131 Å². The summed E-state index contributed by atoms with van der Waals surface area (Å²) in [6.45, 7) is 0.598. The molecule has 6 nitrogen and oxygen atoms in total. The third-order valence-electron chi connectivity index (χ3n) is 3.79. The minimum atomic E-state index is -5.69. The van der Waals surface area contributed by atoms with Gasteiger partial charge in [-0.3, -0.25) is 0 Å². The molecule has 1 unspecified atom stereocenters. The van der Waals surface area contributed by atoms with Crippen LogP contribution < -0.4 is 0 Å². The predicted octanol–water partition coefficient (Wildman–Crippen LogP) is 2.74. The van der Waals surface area contributed by atoms with Gasteiger partial charge in [0.2, 0.25) is 0 Å². The Kier molecular flexibility index (Phi) is 4.13. The molecule has 1 atom stereocenters. The number of halogens is 3. The second-order valence-corrected chi connectivity index (χ2v) is 6.90. The van der Waals surface area contributed by atoms with E-state index in [2.05, 4.69) is 9.28 Å². The van der Waals surface area contributed by atoms with Crippen LogP contribution in [0.25, 0.3) is 5.76 Å². The summed E-state index contributed by atoms with van der Waals surface area (Å²) in [4.78, 5) is 0. The maximum Gasteiger partial charge on any atom is 0.534 e. The summed E-state index contributed by atoms with van der Waals surface area (Å²) in [5.74, 6) is -0.328. The topological polar surface area (TPSA) is 70.4 Å². The summed E-state index contributed by atoms with van der Waals surface area (Å²) in [5, 5.41) is 4.16. The zero-order chi connectivity index (χ0) is 16.7. The molecule has 0 radical (unpaired) electrons. The number of fused-ring (bicyclic) bond motifs is 1. The minimum Gasteiger partial charge on any atom is -0.376 e. The van der Waals surface area contributed by atoms with Crippen LogP contribution in [0.3, 0.4) is 0 Å². The van der Waals surface area contributed by atoms with Crippen molar-refractivity contribution in [2.24, 2.45) is 0 Å². The molecular weight excluding hydrogens is 337 g/mol. The summed E-state index contributed by atoms with van der Waals surface area (Å²) in [6, 6.07) is 0. The molecule has 0 amide bonds. The summed E-state index contributed by atoms with van der Waals surface area (Å²) in [5.41, 5.74) is -4.57. The average molecular weight is 352 g/mol. The monoisotopic (exact) mass is 352 g/mol. The van der Waals surface area contributed by atoms with E-state index in [9.17, 15) is 21.6 Å². The van der Waals surface area contributed by atoms with Gasteiger partial charge in [-0.25, -0.2) is 4.68 Å². The van der Waals surface area contributed by atoms with Crippen LogP contribution in [-0.4, -0.2) is 30.3 Å². The Bertz CT molecular complexity index is 718. The maximum atomic E-state index is 12.5. The Morgan fingerprint density at radius 3 is 2.78 bits per heavy atom. The van der Waals surface area contributed by atoms with Crippen molar-refractivity contribution in [3.8, 4) is 0 Å². The van der Waals surface area contributed by atoms with Crippen LogP contribution in [0.2, 0.25) is 0 Å². The standard InChI is InChI=1S/C13H15F3N2O4S/c14-13(15,16)23(19,20)22-11-5-3-4-10-9(11)8-17-18(10)12-6-1-2-7-21-12/h5,8,12H,1-4,6-7H2. The van der Waals surface area contributed by atoms with Gasteiger partial charge in [0.05, 0.1) is 17.5 Å². The van der Waals surface area contributed by atoms with Crippen molar-refractivity contribution in [1.82, 2.24) is 9.78 Å². The number of ether oxygens (including phenoxy) is 1. The molecule has 0 saturated carbocycles. The highest BCUT2D eigenvalue weighted by Gasteiger charge is 2.49. The lowest BCUT2D eigenvalue weighted by Gasteiger charge is -2.25. The highest BCUT2D eigenvalue weighted by Crippen LogP contribution is 2.35. The van der Waals surface area contributed by atoms with E-state index in [-0.39, 0.29) is 17.6 Å². The van der Waals surface area contributed by atoms with Gasteiger partial charge in [0.15, 0.2) is 0 Å². The van der Waals surface area contributed by atoms with Gasteiger partial charge in [0, 0.05) is 6.61 Å². The van der Waals surface area contributed by atoms with Crippen molar-refractivity contribution in [1.29, 1.82) is 0 Å². The average Bonchev–Trinajstić information content (AvgIpc) is 2.92. The van der Waals surface area contributed by atoms with Crippen LogP contribution in [0.5, 0.6) is 0 Å². The lowest BCUT2D eigenvalue weighted by Crippen LogP contribution is -2.26. The summed E-state index contributed by atoms with van der Waals surface area (Å²) < 4.78 is 71.4. The molecule has 0 N–H and O–H groups in total. The number of hydrogen-bond donors (Lipinski definition) is 0. The number of aromatic nitrogens is 2. The van der Waals surface area contributed by atoms with Gasteiger partial charge < -0.3 is 8.92 Å². The molecule has 3 rings (SSSR count). The molecule has 1 aliphatic heterocycles. The lowest BCUT2D eigenvalue weighted by atomic mass is 10.0. The summed E-state index contributed by atoms with van der Waals surface area (Å²) >= 11 is 0. The molecule has 0 spiro atoms. The summed E-state index contributed by atoms with van der Waals surface area (Å²) in [6.07, 6.45) is 5.98. The van der Waals surface area contributed by atoms with Crippen LogP contribution in [-0.2, 0) is 25.5 Å². The molecule has 2 aliphatic rings. The van der Waals surface area contributed by atoms with E-state index < -0.39 is 15.6 Å². The van der Waals surface area contributed by atoms with E-state index in [0.717, 1.165) is 19.3 Å². The molecule has 2 heterocycles. The molecule has 1 aromatic heterocycles. The lowest BCUT2D eigenvalue weighted by molar-refractivity contribution is -0.0510. The first-order valence-electron chi connectivity index (χ1n) is 7.19. The van der Waals surface area contributed by atoms with Crippen LogP contribution in [0.15, 0.2) is 12.3 Å². The molecule has 23 heavy (non-hydrogen) atoms. The van der Waals surface area contributed by atoms with E-state index in [1.165, 1.54) is 12.3 Å². The minimum absolute atomic E-state index is 0.262. The quantitative estimate of drug-likeness (QED) is 0.618. The third-order valence-corrected chi connectivity index (χ3v) is 4.75. The van der Waals surface area contributed by atoms with Gasteiger partial charge >= 0.3 is 15.6 Å². The van der Waals surface area contributed by atoms with Crippen molar-refractivity contribution < 1.29 is 30.5 Å². The highest BCUT2D eigenvalue weighted by molar-refractivity contribution is 7.87. The third kappa shape index (κ3) is 3.09. The van der Waals surface area contributed by atoms with E-state index in [4.69, 9.17) is 4.74 Å². The van der Waals surface area contributed by atoms with Gasteiger partial charge in [-0.05, 0) is 38.2 Å². The molecule has 0 bridgehead atoms. The maximum absolute atomic E-state index is 12.5. The van der Waals surface area contributed by atoms with Crippen molar-refractivity contribution in [3.05, 3.63) is 23.5 Å². The normalized spacial score (nSPS) is 22.4. The first kappa shape index (κ1) is 16.3. The predicted molar refractivity (Wildman–Crippen MR) is 73.4 cm³/mol. The fourth-order valence-corrected chi connectivity index (χ4v) is 3.19. The first-order valence-corrected chi connectivity index (χ1v) is 8.60. The number of nitrogens with zero attached hydrogens (tertiary/aromatic N) is 2. The van der Waals surface area contributed by atoms with Gasteiger partial charge in [-0.2, -0.15) is 26.7 Å². The number of rotatable bonds is 3. The van der Waals surface area contributed by atoms with Gasteiger partial charge in [-0.1, -0.05) is 0 Å². The largest absolute Gasteiger partial charge is 0.534 e. The van der Waals surface area contributed by atoms with E-state index >= 15 is 0 Å². The molecule has 1 fully saturated rings. The van der Waals surface area contributed by atoms with Crippen molar-refractivity contribution in [3.63, 3.8) is 0 Å². The van der Waals surface area contributed by atoms with Crippen LogP contribution in [0.1, 0.15) is 43.2 Å². The fraction of sp³-hybridized carbons (Fsp3) is 0.615. The van der Waals surface area contributed by atoms with Crippen LogP contribution in [0.4, 0.5) is 13.2 Å². The number of alkyl halides is 3. The molecule has 128 valence electrons. The first-order chi connectivity index (χ1) is 10.8. The molecule has 1 aliphatic carbocycles. The van der Waals surface area contributed by atoms with Crippen molar-refractivity contribution in [2.45, 2.75) is 43.8 Å². The van der Waals surface area contributed by atoms with E-state index in [0.29, 0.717) is 25.1 Å². The van der Waals surface area contributed by atoms with Crippen LogP contribution >= 0.6 is 0 Å². The van der Waals surface area contributed by atoms with Gasteiger partial charge in [-0.15, -0.1) is 0 Å². The Hall–Kier alpha value is -1.55. The van der Waals surface area contributed by atoms with Crippen molar-refractivity contribution in [2.75, 3.05) is 6.61 Å². The molecule has 1 aromatic rings. The Balaban J connectivity index is 1.88. The summed E-state index contributed by atoms with van der Waals surface area (Å²) in [7, 11) is -5.69. The molecule has 0 aromatic carbocycles.